The lowest BCUT2D eigenvalue weighted by Gasteiger charge is -2.11. The zero-order valence-electron chi connectivity index (χ0n) is 13.8. The first-order chi connectivity index (χ1) is 12.2. The molecule has 2 heterocycles. The molecule has 3 rings (SSSR count). The van der Waals surface area contributed by atoms with Crippen molar-refractivity contribution < 1.29 is 9.53 Å². The average Bonchev–Trinajstić information content (AvgIpc) is 2.67. The van der Waals surface area contributed by atoms with Gasteiger partial charge in [-0.3, -0.25) is 9.97 Å². The number of carbonyl (C=O) groups is 1. The molecule has 0 unspecified atom stereocenters. The smallest absolute Gasteiger partial charge is 0.339 e. The summed E-state index contributed by atoms with van der Waals surface area (Å²) in [5.41, 5.74) is 4.19. The van der Waals surface area contributed by atoms with Gasteiger partial charge in [0.1, 0.15) is 0 Å². The number of carbonyl (C=O) groups excluding carboxylic acids is 1. The topological polar surface area (TPSA) is 52.1 Å². The van der Waals surface area contributed by atoms with Crippen LogP contribution < -0.4 is 0 Å². The van der Waals surface area contributed by atoms with Crippen molar-refractivity contribution in [1.82, 2.24) is 9.97 Å². The lowest BCUT2D eigenvalue weighted by molar-refractivity contribution is 0.0600. The Morgan fingerprint density at radius 2 is 1.88 bits per heavy atom. The number of aromatic nitrogens is 2. The fourth-order valence-corrected chi connectivity index (χ4v) is 2.72. The zero-order valence-corrected chi connectivity index (χ0v) is 14.5. The molecule has 0 saturated carbocycles. The molecule has 1 aromatic carbocycles. The molecule has 0 fully saturated rings. The Kier molecular flexibility index (Phi) is 5.41. The summed E-state index contributed by atoms with van der Waals surface area (Å²) in [4.78, 5) is 20.7. The van der Waals surface area contributed by atoms with Crippen molar-refractivity contribution in [2.75, 3.05) is 7.11 Å². The van der Waals surface area contributed by atoms with Crippen LogP contribution in [0.15, 0.2) is 60.9 Å². The number of benzene rings is 1. The van der Waals surface area contributed by atoms with Gasteiger partial charge in [0.05, 0.1) is 12.7 Å². The summed E-state index contributed by atoms with van der Waals surface area (Å²) in [6.07, 6.45) is 4.82. The molecule has 0 aliphatic heterocycles. The van der Waals surface area contributed by atoms with Crippen molar-refractivity contribution in [2.24, 2.45) is 0 Å². The van der Waals surface area contributed by atoms with E-state index in [4.69, 9.17) is 16.3 Å². The summed E-state index contributed by atoms with van der Waals surface area (Å²) in [7, 11) is 1.36. The van der Waals surface area contributed by atoms with Crippen LogP contribution in [0.3, 0.4) is 0 Å². The highest BCUT2D eigenvalue weighted by atomic mass is 35.5. The van der Waals surface area contributed by atoms with E-state index in [1.165, 1.54) is 7.11 Å². The van der Waals surface area contributed by atoms with Gasteiger partial charge in [0.2, 0.25) is 0 Å². The monoisotopic (exact) mass is 352 g/mol. The van der Waals surface area contributed by atoms with Crippen molar-refractivity contribution in [3.05, 3.63) is 82.9 Å². The minimum Gasteiger partial charge on any atom is -0.465 e. The zero-order chi connectivity index (χ0) is 17.6. The number of ether oxygens (including phenoxy) is 1. The summed E-state index contributed by atoms with van der Waals surface area (Å²) >= 11 is 5.99. The van der Waals surface area contributed by atoms with Crippen molar-refractivity contribution in [3.8, 4) is 11.1 Å². The Hall–Kier alpha value is -2.72. The second kappa shape index (κ2) is 7.90. The maximum atomic E-state index is 11.8. The van der Waals surface area contributed by atoms with Crippen LogP contribution in [0.25, 0.3) is 11.1 Å². The lowest BCUT2D eigenvalue weighted by atomic mass is 9.99. The lowest BCUT2D eigenvalue weighted by Crippen LogP contribution is -2.05. The van der Waals surface area contributed by atoms with Gasteiger partial charge in [0.15, 0.2) is 0 Å². The predicted molar refractivity (Wildman–Crippen MR) is 97.7 cm³/mol. The molecule has 25 heavy (non-hydrogen) atoms. The highest BCUT2D eigenvalue weighted by molar-refractivity contribution is 6.30. The highest BCUT2D eigenvalue weighted by Crippen LogP contribution is 2.26. The van der Waals surface area contributed by atoms with Crippen LogP contribution in [0.2, 0.25) is 5.02 Å². The quantitative estimate of drug-likeness (QED) is 0.640. The molecule has 0 bridgehead atoms. The SMILES string of the molecule is COC(=O)c1cnc(CCc2ccccn2)c(-c2ccc(Cl)cc2)c1. The molecule has 4 nitrogen and oxygen atoms in total. The van der Waals surface area contributed by atoms with Crippen LogP contribution in [0.4, 0.5) is 0 Å². The molecule has 0 aliphatic rings. The summed E-state index contributed by atoms with van der Waals surface area (Å²) in [6, 6.07) is 15.2. The molecule has 2 aromatic heterocycles. The number of pyridine rings is 2. The van der Waals surface area contributed by atoms with E-state index in [1.54, 1.807) is 12.4 Å². The van der Waals surface area contributed by atoms with E-state index < -0.39 is 5.97 Å². The van der Waals surface area contributed by atoms with E-state index in [1.807, 2.05) is 48.5 Å². The third-order valence-electron chi connectivity index (χ3n) is 3.89. The summed E-state index contributed by atoms with van der Waals surface area (Å²) in [5.74, 6) is -0.404. The minimum atomic E-state index is -0.404. The predicted octanol–water partition coefficient (Wildman–Crippen LogP) is 4.37. The fraction of sp³-hybridized carbons (Fsp3) is 0.150. The van der Waals surface area contributed by atoms with E-state index in [-0.39, 0.29) is 0 Å². The van der Waals surface area contributed by atoms with Crippen molar-refractivity contribution in [2.45, 2.75) is 12.8 Å². The third kappa shape index (κ3) is 4.22. The molecule has 0 spiro atoms. The Labute approximate surface area is 151 Å². The van der Waals surface area contributed by atoms with Gasteiger partial charge in [-0.2, -0.15) is 0 Å². The second-order valence-corrected chi connectivity index (χ2v) is 5.97. The van der Waals surface area contributed by atoms with Crippen molar-refractivity contribution >= 4 is 17.6 Å². The largest absolute Gasteiger partial charge is 0.465 e. The first kappa shape index (κ1) is 17.1. The van der Waals surface area contributed by atoms with E-state index in [9.17, 15) is 4.79 Å². The first-order valence-corrected chi connectivity index (χ1v) is 8.28. The van der Waals surface area contributed by atoms with Crippen LogP contribution in [0.5, 0.6) is 0 Å². The van der Waals surface area contributed by atoms with E-state index >= 15 is 0 Å². The Bertz CT molecular complexity index is 865. The third-order valence-corrected chi connectivity index (χ3v) is 4.14. The van der Waals surface area contributed by atoms with Gasteiger partial charge in [-0.25, -0.2) is 4.79 Å². The molecule has 5 heteroatoms. The van der Waals surface area contributed by atoms with Gasteiger partial charge >= 0.3 is 5.97 Å². The molecule has 0 aliphatic carbocycles. The normalized spacial score (nSPS) is 10.5. The molecule has 0 N–H and O–H groups in total. The number of rotatable bonds is 5. The number of hydrogen-bond donors (Lipinski definition) is 0. The van der Waals surface area contributed by atoms with Gasteiger partial charge in [-0.15, -0.1) is 0 Å². The maximum absolute atomic E-state index is 11.8. The fourth-order valence-electron chi connectivity index (χ4n) is 2.59. The van der Waals surface area contributed by atoms with Gasteiger partial charge in [-0.05, 0) is 48.7 Å². The Balaban J connectivity index is 1.95. The van der Waals surface area contributed by atoms with Crippen LogP contribution in [0.1, 0.15) is 21.7 Å². The average molecular weight is 353 g/mol. The molecule has 3 aromatic rings. The molecule has 0 amide bonds. The van der Waals surface area contributed by atoms with Gasteiger partial charge in [-0.1, -0.05) is 29.8 Å². The van der Waals surface area contributed by atoms with Gasteiger partial charge < -0.3 is 4.74 Å². The second-order valence-electron chi connectivity index (χ2n) is 5.54. The van der Waals surface area contributed by atoms with Crippen LogP contribution in [-0.4, -0.2) is 23.0 Å². The molecule has 0 atom stereocenters. The van der Waals surface area contributed by atoms with E-state index in [2.05, 4.69) is 9.97 Å². The van der Waals surface area contributed by atoms with Crippen molar-refractivity contribution in [1.29, 1.82) is 0 Å². The number of methoxy groups -OCH3 is 1. The van der Waals surface area contributed by atoms with Crippen molar-refractivity contribution in [3.63, 3.8) is 0 Å². The molecular formula is C20H17ClN2O2. The first-order valence-electron chi connectivity index (χ1n) is 7.90. The summed E-state index contributed by atoms with van der Waals surface area (Å²) < 4.78 is 4.81. The summed E-state index contributed by atoms with van der Waals surface area (Å²) in [5, 5.41) is 0.663. The number of aryl methyl sites for hydroxylation is 2. The highest BCUT2D eigenvalue weighted by Gasteiger charge is 2.13. The molecule has 126 valence electrons. The molecule has 0 saturated heterocycles. The number of esters is 1. The van der Waals surface area contributed by atoms with Crippen LogP contribution in [0, 0.1) is 0 Å². The molecule has 0 radical (unpaired) electrons. The molecular weight excluding hydrogens is 336 g/mol. The Morgan fingerprint density at radius 1 is 1.08 bits per heavy atom. The summed E-state index contributed by atoms with van der Waals surface area (Å²) in [6.45, 7) is 0. The number of nitrogens with zero attached hydrogens (tertiary/aromatic N) is 2. The van der Waals surface area contributed by atoms with E-state index in [0.29, 0.717) is 10.6 Å². The number of halogens is 1. The number of hydrogen-bond acceptors (Lipinski definition) is 4. The standard InChI is InChI=1S/C20H17ClN2O2/c1-25-20(24)15-12-18(14-5-7-16(21)8-6-14)19(23-13-15)10-9-17-4-2-3-11-22-17/h2-8,11-13H,9-10H2,1H3. The van der Waals surface area contributed by atoms with Gasteiger partial charge in [0, 0.05) is 34.4 Å². The minimum absolute atomic E-state index is 0.404. The van der Waals surface area contributed by atoms with Crippen LogP contribution >= 0.6 is 11.6 Å². The van der Waals surface area contributed by atoms with Crippen LogP contribution in [-0.2, 0) is 17.6 Å². The van der Waals surface area contributed by atoms with Gasteiger partial charge in [0.25, 0.3) is 0 Å². The maximum Gasteiger partial charge on any atom is 0.339 e. The van der Waals surface area contributed by atoms with E-state index in [0.717, 1.165) is 35.4 Å². The Morgan fingerprint density at radius 3 is 2.56 bits per heavy atom.